The highest BCUT2D eigenvalue weighted by atomic mass is 79.9. The standard InChI is InChI=1S/C28H26BrNO5S/c1-2-25(32)27-26(20-7-4-3-5-8-20)24-17-21(29)11-14-23(24)28(33)30(27)18-19-9-12-22(13-10-19)36(34,35)16-6-15-31/h3-5,7-14,17,31H,2,6,15-16,18H2,1H3. The van der Waals surface area contributed by atoms with Gasteiger partial charge in [0.15, 0.2) is 15.6 Å². The zero-order valence-corrected chi connectivity index (χ0v) is 22.2. The molecule has 4 rings (SSSR count). The van der Waals surface area contributed by atoms with Crippen molar-refractivity contribution >= 4 is 42.3 Å². The van der Waals surface area contributed by atoms with Crippen molar-refractivity contribution in [3.8, 4) is 11.1 Å². The molecule has 3 aromatic carbocycles. The maximum Gasteiger partial charge on any atom is 0.259 e. The minimum atomic E-state index is -3.51. The largest absolute Gasteiger partial charge is 0.396 e. The number of halogens is 1. The van der Waals surface area contributed by atoms with Crippen LogP contribution >= 0.6 is 15.9 Å². The highest BCUT2D eigenvalue weighted by Crippen LogP contribution is 2.33. The number of aromatic nitrogens is 1. The molecule has 8 heteroatoms. The van der Waals surface area contributed by atoms with E-state index in [-0.39, 0.29) is 48.0 Å². The van der Waals surface area contributed by atoms with Crippen molar-refractivity contribution in [3.63, 3.8) is 0 Å². The molecule has 0 aliphatic rings. The first-order chi connectivity index (χ1) is 17.3. The average molecular weight is 568 g/mol. The van der Waals surface area contributed by atoms with Gasteiger partial charge in [-0.25, -0.2) is 8.42 Å². The third-order valence-corrected chi connectivity index (χ3v) is 8.39. The zero-order chi connectivity index (χ0) is 25.9. The molecule has 0 saturated heterocycles. The lowest BCUT2D eigenvalue weighted by Gasteiger charge is -2.19. The van der Waals surface area contributed by atoms with Crippen LogP contribution in [0.2, 0.25) is 0 Å². The van der Waals surface area contributed by atoms with Crippen molar-refractivity contribution in [2.75, 3.05) is 12.4 Å². The molecule has 6 nitrogen and oxygen atoms in total. The second-order valence-electron chi connectivity index (χ2n) is 8.49. The van der Waals surface area contributed by atoms with E-state index in [2.05, 4.69) is 15.9 Å². The lowest BCUT2D eigenvalue weighted by atomic mass is 9.94. The molecule has 0 fully saturated rings. The molecule has 1 N–H and O–H groups in total. The SMILES string of the molecule is CCC(=O)c1c(-c2ccccc2)c2cc(Br)ccc2c(=O)n1Cc1ccc(S(=O)(=O)CCCO)cc1. The molecule has 4 aromatic rings. The number of fused-ring (bicyclic) bond motifs is 1. The maximum absolute atomic E-state index is 13.7. The van der Waals surface area contributed by atoms with Crippen LogP contribution in [0.1, 0.15) is 35.8 Å². The summed E-state index contributed by atoms with van der Waals surface area (Å²) >= 11 is 3.50. The maximum atomic E-state index is 13.7. The van der Waals surface area contributed by atoms with Crippen molar-refractivity contribution in [2.24, 2.45) is 0 Å². The Morgan fingerprint density at radius 2 is 1.67 bits per heavy atom. The van der Waals surface area contributed by atoms with Crippen molar-refractivity contribution < 1.29 is 18.3 Å². The number of rotatable bonds is 9. The molecule has 0 spiro atoms. The summed E-state index contributed by atoms with van der Waals surface area (Å²) < 4.78 is 27.2. The van der Waals surface area contributed by atoms with Crippen LogP contribution in [0, 0.1) is 0 Å². The molecule has 1 aromatic heterocycles. The number of hydrogen-bond donors (Lipinski definition) is 1. The van der Waals surface area contributed by atoms with Gasteiger partial charge in [-0.15, -0.1) is 0 Å². The summed E-state index contributed by atoms with van der Waals surface area (Å²) in [5, 5.41) is 10.2. The Morgan fingerprint density at radius 1 is 0.972 bits per heavy atom. The number of carbonyl (C=O) groups excluding carboxylic acids is 1. The predicted octanol–water partition coefficient (Wildman–Crippen LogP) is 5.23. The smallest absolute Gasteiger partial charge is 0.259 e. The molecule has 0 bridgehead atoms. The lowest BCUT2D eigenvalue weighted by Crippen LogP contribution is -2.28. The van der Waals surface area contributed by atoms with Gasteiger partial charge in [0.25, 0.3) is 5.56 Å². The normalized spacial score (nSPS) is 11.6. The molecular weight excluding hydrogens is 542 g/mol. The Morgan fingerprint density at radius 3 is 2.31 bits per heavy atom. The van der Waals surface area contributed by atoms with Gasteiger partial charge in [0, 0.05) is 28.5 Å². The second kappa shape index (κ2) is 10.9. The number of aliphatic hydroxyl groups excluding tert-OH is 1. The summed E-state index contributed by atoms with van der Waals surface area (Å²) in [6, 6.07) is 21.3. The number of ketones is 1. The summed E-state index contributed by atoms with van der Waals surface area (Å²) in [5.41, 5.74) is 2.27. The van der Waals surface area contributed by atoms with Gasteiger partial charge in [-0.05, 0) is 53.3 Å². The number of hydrogen-bond acceptors (Lipinski definition) is 5. The van der Waals surface area contributed by atoms with Crippen LogP contribution < -0.4 is 5.56 Å². The lowest BCUT2D eigenvalue weighted by molar-refractivity contribution is 0.0979. The van der Waals surface area contributed by atoms with Crippen LogP contribution in [-0.2, 0) is 16.4 Å². The molecule has 0 saturated carbocycles. The third-order valence-electron chi connectivity index (χ3n) is 6.08. The first kappa shape index (κ1) is 26.0. The highest BCUT2D eigenvalue weighted by Gasteiger charge is 2.23. The fraction of sp³-hybridized carbons (Fsp3) is 0.214. The van der Waals surface area contributed by atoms with E-state index in [1.807, 2.05) is 36.4 Å². The fourth-order valence-corrected chi connectivity index (χ4v) is 5.94. The van der Waals surface area contributed by atoms with E-state index in [0.717, 1.165) is 10.0 Å². The Balaban J connectivity index is 1.92. The number of carbonyl (C=O) groups is 1. The number of sulfone groups is 1. The minimum Gasteiger partial charge on any atom is -0.396 e. The van der Waals surface area contributed by atoms with Crippen molar-refractivity contribution in [1.29, 1.82) is 0 Å². The van der Waals surface area contributed by atoms with Gasteiger partial charge in [0.1, 0.15) is 0 Å². The quantitative estimate of drug-likeness (QED) is 0.279. The molecule has 0 aliphatic heterocycles. The predicted molar refractivity (Wildman–Crippen MR) is 145 cm³/mol. The number of aliphatic hydroxyl groups is 1. The van der Waals surface area contributed by atoms with E-state index in [0.29, 0.717) is 27.6 Å². The van der Waals surface area contributed by atoms with E-state index in [1.165, 1.54) is 16.7 Å². The first-order valence-corrected chi connectivity index (χ1v) is 14.1. The van der Waals surface area contributed by atoms with E-state index in [1.54, 1.807) is 31.2 Å². The van der Waals surface area contributed by atoms with Gasteiger partial charge in [-0.2, -0.15) is 0 Å². The van der Waals surface area contributed by atoms with Crippen molar-refractivity contribution in [3.05, 3.63) is 98.9 Å². The van der Waals surface area contributed by atoms with E-state index < -0.39 is 9.84 Å². The summed E-state index contributed by atoms with van der Waals surface area (Å²) in [7, 11) is -3.51. The fourth-order valence-electron chi connectivity index (χ4n) is 4.28. The highest BCUT2D eigenvalue weighted by molar-refractivity contribution is 9.10. The van der Waals surface area contributed by atoms with E-state index in [9.17, 15) is 18.0 Å². The van der Waals surface area contributed by atoms with E-state index >= 15 is 0 Å². The molecule has 0 amide bonds. The van der Waals surface area contributed by atoms with Crippen LogP contribution in [0.25, 0.3) is 21.9 Å². The number of pyridine rings is 1. The van der Waals surface area contributed by atoms with Gasteiger partial charge >= 0.3 is 0 Å². The third kappa shape index (κ3) is 5.21. The molecule has 0 atom stereocenters. The average Bonchev–Trinajstić information content (AvgIpc) is 2.89. The van der Waals surface area contributed by atoms with Crippen LogP contribution in [0.4, 0.5) is 0 Å². The summed E-state index contributed by atoms with van der Waals surface area (Å²) in [4.78, 5) is 27.2. The Bertz CT molecular complexity index is 1580. The van der Waals surface area contributed by atoms with Crippen LogP contribution in [0.15, 0.2) is 87.0 Å². The second-order valence-corrected chi connectivity index (χ2v) is 11.5. The molecule has 0 aliphatic carbocycles. The summed E-state index contributed by atoms with van der Waals surface area (Å²) in [6.07, 6.45) is 0.387. The summed E-state index contributed by atoms with van der Waals surface area (Å²) in [6.45, 7) is 1.68. The number of nitrogens with zero attached hydrogens (tertiary/aromatic N) is 1. The molecule has 36 heavy (non-hydrogen) atoms. The van der Waals surface area contributed by atoms with Gasteiger partial charge in [-0.3, -0.25) is 14.2 Å². The van der Waals surface area contributed by atoms with Crippen LogP contribution in [0.5, 0.6) is 0 Å². The minimum absolute atomic E-state index is 0.114. The van der Waals surface area contributed by atoms with Crippen molar-refractivity contribution in [2.45, 2.75) is 31.2 Å². The van der Waals surface area contributed by atoms with Gasteiger partial charge in [0.05, 0.1) is 22.9 Å². The Hall–Kier alpha value is -3.07. The monoisotopic (exact) mass is 567 g/mol. The van der Waals surface area contributed by atoms with Crippen molar-refractivity contribution in [1.82, 2.24) is 4.57 Å². The number of Topliss-reactive ketones (excluding diaryl/α,β-unsaturated/α-hetero) is 1. The molecule has 186 valence electrons. The van der Waals surface area contributed by atoms with Gasteiger partial charge in [0.2, 0.25) is 0 Å². The molecule has 1 heterocycles. The molecule has 0 unspecified atom stereocenters. The molecule has 0 radical (unpaired) electrons. The zero-order valence-electron chi connectivity index (χ0n) is 19.8. The summed E-state index contributed by atoms with van der Waals surface area (Å²) in [5.74, 6) is -0.297. The first-order valence-electron chi connectivity index (χ1n) is 11.6. The Kier molecular flexibility index (Phi) is 7.88. The van der Waals surface area contributed by atoms with E-state index in [4.69, 9.17) is 5.11 Å². The van der Waals surface area contributed by atoms with Crippen LogP contribution in [-0.4, -0.2) is 36.2 Å². The van der Waals surface area contributed by atoms with Gasteiger partial charge < -0.3 is 5.11 Å². The topological polar surface area (TPSA) is 93.4 Å². The Labute approximate surface area is 218 Å². The molecular formula is C28H26BrNO5S. The van der Waals surface area contributed by atoms with Gasteiger partial charge in [-0.1, -0.05) is 65.3 Å². The van der Waals surface area contributed by atoms with Crippen LogP contribution in [0.3, 0.4) is 0 Å². The number of benzene rings is 3.